The van der Waals surface area contributed by atoms with Gasteiger partial charge in [0, 0.05) is 18.0 Å². The molecule has 1 aromatic carbocycles. The fourth-order valence-corrected chi connectivity index (χ4v) is 1.82. The van der Waals surface area contributed by atoms with Gasteiger partial charge in [-0.05, 0) is 12.5 Å². The van der Waals surface area contributed by atoms with Crippen LogP contribution in [0.5, 0.6) is 11.5 Å². The number of rotatable bonds is 4. The number of fused-ring (bicyclic) bond motifs is 1. The van der Waals surface area contributed by atoms with Gasteiger partial charge in [-0.2, -0.15) is 0 Å². The zero-order chi connectivity index (χ0) is 13.1. The van der Waals surface area contributed by atoms with Crippen molar-refractivity contribution in [3.05, 3.63) is 23.5 Å². The molecule has 0 saturated heterocycles. The summed E-state index contributed by atoms with van der Waals surface area (Å²) in [7, 11) is 0. The molecule has 0 spiro atoms. The molecule has 1 atom stereocenters. The van der Waals surface area contributed by atoms with Crippen LogP contribution in [0.15, 0.2) is 12.1 Å². The van der Waals surface area contributed by atoms with E-state index < -0.39 is 17.8 Å². The molecule has 1 aliphatic rings. The quantitative estimate of drug-likeness (QED) is 0.851. The molecular formula is C12H14FNO4. The Morgan fingerprint density at radius 2 is 2.17 bits per heavy atom. The van der Waals surface area contributed by atoms with Crippen LogP contribution in [-0.2, 0) is 4.79 Å². The second kappa shape index (κ2) is 5.22. The molecule has 0 saturated carbocycles. The number of aliphatic carboxylic acids is 1. The maximum Gasteiger partial charge on any atom is 0.303 e. The minimum Gasteiger partial charge on any atom is -0.486 e. The molecule has 6 heteroatoms. The van der Waals surface area contributed by atoms with E-state index in [1.165, 1.54) is 6.07 Å². The Morgan fingerprint density at radius 3 is 2.89 bits per heavy atom. The number of ether oxygens (including phenoxy) is 2. The van der Waals surface area contributed by atoms with E-state index >= 15 is 0 Å². The fourth-order valence-electron chi connectivity index (χ4n) is 1.82. The highest BCUT2D eigenvalue weighted by Crippen LogP contribution is 2.36. The zero-order valence-electron chi connectivity index (χ0n) is 9.69. The van der Waals surface area contributed by atoms with Crippen LogP contribution >= 0.6 is 0 Å². The summed E-state index contributed by atoms with van der Waals surface area (Å²) in [6, 6.07) is 2.43. The van der Waals surface area contributed by atoms with Crippen LogP contribution in [0.25, 0.3) is 0 Å². The summed E-state index contributed by atoms with van der Waals surface area (Å²) in [5.74, 6) is -1.11. The van der Waals surface area contributed by atoms with Crippen LogP contribution in [0, 0.1) is 5.82 Å². The number of carboxylic acids is 1. The first kappa shape index (κ1) is 12.6. The Balaban J connectivity index is 2.20. The molecule has 0 bridgehead atoms. The first-order chi connectivity index (χ1) is 8.59. The second-order valence-electron chi connectivity index (χ2n) is 4.03. The number of nitrogens with two attached hydrogens (primary N) is 1. The molecule has 98 valence electrons. The van der Waals surface area contributed by atoms with Gasteiger partial charge in [0.1, 0.15) is 13.2 Å². The van der Waals surface area contributed by atoms with Gasteiger partial charge in [-0.25, -0.2) is 4.39 Å². The molecule has 1 aliphatic heterocycles. The zero-order valence-corrected chi connectivity index (χ0v) is 9.69. The van der Waals surface area contributed by atoms with Crippen molar-refractivity contribution < 1.29 is 23.8 Å². The van der Waals surface area contributed by atoms with Crippen molar-refractivity contribution in [1.29, 1.82) is 0 Å². The molecule has 1 heterocycles. The van der Waals surface area contributed by atoms with E-state index in [0.29, 0.717) is 12.4 Å². The van der Waals surface area contributed by atoms with Gasteiger partial charge in [0.15, 0.2) is 17.3 Å². The van der Waals surface area contributed by atoms with Crippen LogP contribution in [0.3, 0.4) is 0 Å². The highest BCUT2D eigenvalue weighted by atomic mass is 19.1. The minimum absolute atomic E-state index is 0.0597. The summed E-state index contributed by atoms with van der Waals surface area (Å²) in [4.78, 5) is 10.5. The molecule has 0 radical (unpaired) electrons. The lowest BCUT2D eigenvalue weighted by Gasteiger charge is -2.21. The molecule has 18 heavy (non-hydrogen) atoms. The van der Waals surface area contributed by atoms with Crippen LogP contribution < -0.4 is 15.2 Å². The first-order valence-electron chi connectivity index (χ1n) is 5.65. The van der Waals surface area contributed by atoms with E-state index in [1.54, 1.807) is 6.07 Å². The molecule has 3 N–H and O–H groups in total. The number of carbonyl (C=O) groups is 1. The van der Waals surface area contributed by atoms with Crippen molar-refractivity contribution in [3.63, 3.8) is 0 Å². The third kappa shape index (κ3) is 2.53. The maximum absolute atomic E-state index is 14.1. The molecule has 0 amide bonds. The second-order valence-corrected chi connectivity index (χ2v) is 4.03. The van der Waals surface area contributed by atoms with Crippen molar-refractivity contribution in [1.82, 2.24) is 0 Å². The molecule has 5 nitrogen and oxygen atoms in total. The molecule has 0 fully saturated rings. The Bertz CT molecular complexity index is 464. The topological polar surface area (TPSA) is 81.8 Å². The Kier molecular flexibility index (Phi) is 3.66. The molecule has 1 unspecified atom stereocenters. The van der Waals surface area contributed by atoms with Gasteiger partial charge in [-0.15, -0.1) is 0 Å². The van der Waals surface area contributed by atoms with Crippen molar-refractivity contribution in [2.75, 3.05) is 13.2 Å². The largest absolute Gasteiger partial charge is 0.486 e. The summed E-state index contributed by atoms with van der Waals surface area (Å²) in [5.41, 5.74) is 6.03. The van der Waals surface area contributed by atoms with Crippen LogP contribution in [0.1, 0.15) is 24.4 Å². The normalized spacial score (nSPS) is 15.2. The van der Waals surface area contributed by atoms with Gasteiger partial charge in [0.05, 0.1) is 0 Å². The molecular weight excluding hydrogens is 241 g/mol. The fraction of sp³-hybridized carbons (Fsp3) is 0.417. The van der Waals surface area contributed by atoms with E-state index in [2.05, 4.69) is 0 Å². The number of halogens is 1. The van der Waals surface area contributed by atoms with Crippen LogP contribution in [0.4, 0.5) is 4.39 Å². The van der Waals surface area contributed by atoms with Crippen molar-refractivity contribution in [2.45, 2.75) is 18.9 Å². The van der Waals surface area contributed by atoms with Crippen molar-refractivity contribution in [2.24, 2.45) is 5.73 Å². The number of hydrogen-bond donors (Lipinski definition) is 2. The first-order valence-corrected chi connectivity index (χ1v) is 5.65. The molecule has 2 rings (SSSR count). The van der Waals surface area contributed by atoms with Gasteiger partial charge in [0.25, 0.3) is 0 Å². The number of hydrogen-bond acceptors (Lipinski definition) is 4. The van der Waals surface area contributed by atoms with Gasteiger partial charge in [0.2, 0.25) is 0 Å². The average molecular weight is 255 g/mol. The Morgan fingerprint density at radius 1 is 1.44 bits per heavy atom. The van der Waals surface area contributed by atoms with Crippen molar-refractivity contribution >= 4 is 5.97 Å². The molecule has 1 aromatic rings. The average Bonchev–Trinajstić information content (AvgIpc) is 2.37. The highest BCUT2D eigenvalue weighted by molar-refractivity contribution is 5.66. The number of benzene rings is 1. The lowest BCUT2D eigenvalue weighted by Crippen LogP contribution is -2.19. The third-order valence-corrected chi connectivity index (χ3v) is 2.75. The monoisotopic (exact) mass is 255 g/mol. The van der Waals surface area contributed by atoms with E-state index in [1.807, 2.05) is 0 Å². The van der Waals surface area contributed by atoms with Crippen LogP contribution in [-0.4, -0.2) is 24.3 Å². The minimum atomic E-state index is -0.955. The predicted octanol–water partition coefficient (Wildman–Crippen LogP) is 1.46. The Hall–Kier alpha value is -1.82. The standard InChI is InChI=1S/C12H14FNO4/c13-11-7(8(14)2-4-10(15)16)1-3-9-12(11)18-6-5-17-9/h1,3,8H,2,4-6,14H2,(H,15,16). The molecule has 0 aliphatic carbocycles. The van der Waals surface area contributed by atoms with E-state index in [-0.39, 0.29) is 30.8 Å². The maximum atomic E-state index is 14.1. The summed E-state index contributed by atoms with van der Waals surface area (Å²) in [5, 5.41) is 8.58. The lowest BCUT2D eigenvalue weighted by molar-refractivity contribution is -0.137. The van der Waals surface area contributed by atoms with Gasteiger partial charge in [-0.1, -0.05) is 6.07 Å². The van der Waals surface area contributed by atoms with Crippen LogP contribution in [0.2, 0.25) is 0 Å². The van der Waals surface area contributed by atoms with E-state index in [9.17, 15) is 9.18 Å². The van der Waals surface area contributed by atoms with E-state index in [0.717, 1.165) is 0 Å². The SMILES string of the molecule is NC(CCC(=O)O)c1ccc2c(c1F)OCCO2. The summed E-state index contributed by atoms with van der Waals surface area (Å²) in [6.45, 7) is 0.675. The lowest BCUT2D eigenvalue weighted by atomic mass is 10.0. The predicted molar refractivity (Wildman–Crippen MR) is 61.2 cm³/mol. The third-order valence-electron chi connectivity index (χ3n) is 2.75. The smallest absolute Gasteiger partial charge is 0.303 e. The summed E-state index contributed by atoms with van der Waals surface area (Å²) < 4.78 is 24.5. The van der Waals surface area contributed by atoms with Gasteiger partial charge < -0.3 is 20.3 Å². The van der Waals surface area contributed by atoms with Gasteiger partial charge >= 0.3 is 5.97 Å². The summed E-state index contributed by atoms with van der Waals surface area (Å²) >= 11 is 0. The van der Waals surface area contributed by atoms with Gasteiger partial charge in [-0.3, -0.25) is 4.79 Å². The van der Waals surface area contributed by atoms with Crippen molar-refractivity contribution in [3.8, 4) is 11.5 Å². The highest BCUT2D eigenvalue weighted by Gasteiger charge is 2.22. The Labute approximate surface area is 103 Å². The van der Waals surface area contributed by atoms with E-state index in [4.69, 9.17) is 20.3 Å². The molecule has 0 aromatic heterocycles. The summed E-state index contributed by atoms with van der Waals surface area (Å²) in [6.07, 6.45) is 0.0704. The number of carboxylic acid groups (broad SMARTS) is 1.